The molecule has 0 aromatic heterocycles. The van der Waals surface area contributed by atoms with Crippen molar-refractivity contribution < 1.29 is 14.7 Å². The predicted octanol–water partition coefficient (Wildman–Crippen LogP) is 7.48. The molecular formula is C31H34N2O3. The molecule has 5 heteroatoms. The lowest BCUT2D eigenvalue weighted by Gasteiger charge is -2.47. The van der Waals surface area contributed by atoms with Gasteiger partial charge in [-0.3, -0.25) is 4.79 Å². The molecule has 2 saturated carbocycles. The number of nitrogens with one attached hydrogen (secondary N) is 2. The minimum absolute atomic E-state index is 0.141. The van der Waals surface area contributed by atoms with Crippen molar-refractivity contribution in [3.8, 4) is 0 Å². The molecule has 2 bridgehead atoms. The molecule has 0 saturated heterocycles. The number of anilines is 3. The van der Waals surface area contributed by atoms with Crippen molar-refractivity contribution >= 4 is 28.9 Å². The Kier molecular flexibility index (Phi) is 6.57. The Bertz CT molecular complexity index is 1230. The largest absolute Gasteiger partial charge is 0.478 e. The van der Waals surface area contributed by atoms with E-state index in [1.165, 1.54) is 37.7 Å². The first kappa shape index (κ1) is 24.1. The predicted molar refractivity (Wildman–Crippen MR) is 144 cm³/mol. The highest BCUT2D eigenvalue weighted by molar-refractivity contribution is 6.04. The Hall–Kier alpha value is -3.60. The first-order valence-corrected chi connectivity index (χ1v) is 12.9. The van der Waals surface area contributed by atoms with Crippen LogP contribution in [0.4, 0.5) is 17.1 Å². The van der Waals surface area contributed by atoms with Crippen LogP contribution < -0.4 is 10.6 Å². The van der Waals surface area contributed by atoms with Crippen LogP contribution in [0.25, 0.3) is 0 Å². The van der Waals surface area contributed by atoms with E-state index < -0.39 is 5.97 Å². The van der Waals surface area contributed by atoms with Gasteiger partial charge in [0.15, 0.2) is 0 Å². The van der Waals surface area contributed by atoms with Gasteiger partial charge in [-0.2, -0.15) is 0 Å². The van der Waals surface area contributed by atoms with Crippen LogP contribution in [0.5, 0.6) is 0 Å². The second kappa shape index (κ2) is 9.81. The zero-order valence-corrected chi connectivity index (χ0v) is 21.0. The fourth-order valence-electron chi connectivity index (χ4n) is 6.62. The molecule has 0 heterocycles. The van der Waals surface area contributed by atoms with Gasteiger partial charge < -0.3 is 15.7 Å². The number of para-hydroxylation sites is 1. The molecule has 36 heavy (non-hydrogen) atoms. The summed E-state index contributed by atoms with van der Waals surface area (Å²) >= 11 is 0. The molecule has 2 atom stereocenters. The van der Waals surface area contributed by atoms with Crippen molar-refractivity contribution in [2.75, 3.05) is 10.6 Å². The molecule has 3 aromatic rings. The third kappa shape index (κ3) is 5.15. The van der Waals surface area contributed by atoms with E-state index in [0.29, 0.717) is 16.9 Å². The number of hydrogen-bond acceptors (Lipinski definition) is 3. The van der Waals surface area contributed by atoms with Crippen molar-refractivity contribution in [2.45, 2.75) is 51.4 Å². The second-order valence-corrected chi connectivity index (χ2v) is 11.1. The zero-order valence-electron chi connectivity index (χ0n) is 21.0. The van der Waals surface area contributed by atoms with Gasteiger partial charge in [-0.1, -0.05) is 38.1 Å². The number of aromatic carboxylic acids is 1. The van der Waals surface area contributed by atoms with Crippen LogP contribution in [-0.4, -0.2) is 17.0 Å². The van der Waals surface area contributed by atoms with Gasteiger partial charge in [-0.15, -0.1) is 0 Å². The number of amides is 1. The Balaban J connectivity index is 1.22. The molecule has 3 aromatic carbocycles. The number of rotatable bonds is 6. The third-order valence-corrected chi connectivity index (χ3v) is 8.04. The quantitative estimate of drug-likeness (QED) is 0.340. The first-order valence-electron chi connectivity index (χ1n) is 12.9. The Labute approximate surface area is 212 Å². The summed E-state index contributed by atoms with van der Waals surface area (Å²) in [7, 11) is 0. The number of carboxylic acids is 1. The molecule has 2 unspecified atom stereocenters. The standard InChI is InChI=1S/C31H34N2O3/c1-20-15-21-17-22(16-20)19-31(2,18-21)24-9-7-23(8-10-24)29(34)33-26-13-11-25(12-14-26)32-28-6-4-3-5-27(28)30(35)36/h3-14,20-22,32H,15-19H2,1-2H3,(H,33,34)(H,35,36). The minimum Gasteiger partial charge on any atom is -0.478 e. The maximum atomic E-state index is 12.9. The SMILES string of the molecule is CC1CC2CC(C1)CC(C)(c1ccc(C(=O)Nc3ccc(Nc4ccccc4C(=O)O)cc3)cc1)C2. The molecular weight excluding hydrogens is 448 g/mol. The fourth-order valence-corrected chi connectivity index (χ4v) is 6.62. The van der Waals surface area contributed by atoms with Crippen LogP contribution in [0.15, 0.2) is 72.8 Å². The summed E-state index contributed by atoms with van der Waals surface area (Å²) in [6.07, 6.45) is 6.59. The second-order valence-electron chi connectivity index (χ2n) is 11.1. The smallest absolute Gasteiger partial charge is 0.337 e. The topological polar surface area (TPSA) is 78.4 Å². The maximum Gasteiger partial charge on any atom is 0.337 e. The molecule has 2 fully saturated rings. The van der Waals surface area contributed by atoms with E-state index in [-0.39, 0.29) is 16.9 Å². The number of carboxylic acid groups (broad SMARTS) is 1. The van der Waals surface area contributed by atoms with Gasteiger partial charge in [0.25, 0.3) is 5.91 Å². The van der Waals surface area contributed by atoms with Gasteiger partial charge in [0, 0.05) is 16.9 Å². The zero-order chi connectivity index (χ0) is 25.3. The molecule has 3 N–H and O–H groups in total. The normalized spacial score (nSPS) is 25.1. The van der Waals surface area contributed by atoms with Crippen LogP contribution in [-0.2, 0) is 5.41 Å². The van der Waals surface area contributed by atoms with Crippen LogP contribution >= 0.6 is 0 Å². The molecule has 5 rings (SSSR count). The van der Waals surface area contributed by atoms with Crippen LogP contribution in [0.2, 0.25) is 0 Å². The summed E-state index contributed by atoms with van der Waals surface area (Å²) < 4.78 is 0. The average molecular weight is 483 g/mol. The summed E-state index contributed by atoms with van der Waals surface area (Å²) in [6.45, 7) is 4.81. The third-order valence-electron chi connectivity index (χ3n) is 8.04. The molecule has 0 radical (unpaired) electrons. The van der Waals surface area contributed by atoms with Crippen molar-refractivity contribution in [1.29, 1.82) is 0 Å². The van der Waals surface area contributed by atoms with E-state index in [1.807, 2.05) is 24.3 Å². The number of hydrogen-bond donors (Lipinski definition) is 3. The first-order chi connectivity index (χ1) is 17.3. The molecule has 2 aliphatic rings. The highest BCUT2D eigenvalue weighted by Gasteiger charge is 2.41. The molecule has 0 aliphatic heterocycles. The molecule has 0 spiro atoms. The number of benzene rings is 3. The maximum absolute atomic E-state index is 12.9. The van der Waals surface area contributed by atoms with E-state index in [9.17, 15) is 14.7 Å². The average Bonchev–Trinajstić information content (AvgIpc) is 2.84. The van der Waals surface area contributed by atoms with E-state index in [1.54, 1.807) is 36.4 Å². The molecule has 2 aliphatic carbocycles. The molecule has 1 amide bonds. The molecule has 5 nitrogen and oxygen atoms in total. The lowest BCUT2D eigenvalue weighted by Crippen LogP contribution is -2.38. The minimum atomic E-state index is -0.983. The fraction of sp³-hybridized carbons (Fsp3) is 0.355. The van der Waals surface area contributed by atoms with Gasteiger partial charge in [0.2, 0.25) is 0 Å². The van der Waals surface area contributed by atoms with Crippen LogP contribution in [0.3, 0.4) is 0 Å². The highest BCUT2D eigenvalue weighted by Crippen LogP contribution is 2.51. The van der Waals surface area contributed by atoms with Crippen molar-refractivity contribution in [3.63, 3.8) is 0 Å². The lowest BCUT2D eigenvalue weighted by molar-refractivity contribution is 0.0697. The Morgan fingerprint density at radius 1 is 0.833 bits per heavy atom. The summed E-state index contributed by atoms with van der Waals surface area (Å²) in [5, 5.41) is 15.5. The van der Waals surface area contributed by atoms with Crippen LogP contribution in [0, 0.1) is 17.8 Å². The monoisotopic (exact) mass is 482 g/mol. The summed E-state index contributed by atoms with van der Waals surface area (Å²) in [5.41, 5.74) is 4.34. The highest BCUT2D eigenvalue weighted by atomic mass is 16.4. The van der Waals surface area contributed by atoms with E-state index in [4.69, 9.17) is 0 Å². The van der Waals surface area contributed by atoms with Crippen LogP contribution in [0.1, 0.15) is 72.2 Å². The van der Waals surface area contributed by atoms with E-state index in [0.717, 1.165) is 23.4 Å². The van der Waals surface area contributed by atoms with Gasteiger partial charge in [-0.05, 0) is 109 Å². The van der Waals surface area contributed by atoms with Gasteiger partial charge in [-0.25, -0.2) is 4.79 Å². The summed E-state index contributed by atoms with van der Waals surface area (Å²) in [5.74, 6) is 1.39. The van der Waals surface area contributed by atoms with Crippen molar-refractivity contribution in [1.82, 2.24) is 0 Å². The number of carbonyl (C=O) groups excluding carboxylic acids is 1. The summed E-state index contributed by atoms with van der Waals surface area (Å²) in [6, 6.07) is 22.2. The lowest BCUT2D eigenvalue weighted by atomic mass is 9.57. The summed E-state index contributed by atoms with van der Waals surface area (Å²) in [4.78, 5) is 24.3. The van der Waals surface area contributed by atoms with Gasteiger partial charge in [0.1, 0.15) is 0 Å². The Morgan fingerprint density at radius 2 is 1.44 bits per heavy atom. The van der Waals surface area contributed by atoms with Crippen molar-refractivity contribution in [3.05, 3.63) is 89.5 Å². The van der Waals surface area contributed by atoms with Gasteiger partial charge >= 0.3 is 5.97 Å². The Morgan fingerprint density at radius 3 is 2.08 bits per heavy atom. The van der Waals surface area contributed by atoms with E-state index in [2.05, 4.69) is 36.6 Å². The number of carbonyl (C=O) groups is 2. The van der Waals surface area contributed by atoms with E-state index >= 15 is 0 Å². The molecule has 186 valence electrons. The number of fused-ring (bicyclic) bond motifs is 2. The van der Waals surface area contributed by atoms with Gasteiger partial charge in [0.05, 0.1) is 11.3 Å². The van der Waals surface area contributed by atoms with Crippen molar-refractivity contribution in [2.24, 2.45) is 17.8 Å².